The second-order valence-corrected chi connectivity index (χ2v) is 5.77. The number of halogens is 1. The molecule has 0 amide bonds. The highest BCUT2D eigenvalue weighted by atomic mass is 79.9. The average Bonchev–Trinajstić information content (AvgIpc) is 2.41. The van der Waals surface area contributed by atoms with Crippen LogP contribution in [0.4, 0.5) is 0 Å². The number of rotatable bonds is 4. The van der Waals surface area contributed by atoms with E-state index in [0.717, 1.165) is 15.8 Å². The first kappa shape index (κ1) is 14.8. The molecule has 4 nitrogen and oxygen atoms in total. The van der Waals surface area contributed by atoms with Crippen molar-refractivity contribution in [3.05, 3.63) is 56.7 Å². The van der Waals surface area contributed by atoms with Crippen LogP contribution in [0, 0.1) is 0 Å². The summed E-state index contributed by atoms with van der Waals surface area (Å²) < 4.78 is 7.96. The third-order valence-electron chi connectivity index (χ3n) is 3.07. The molecule has 0 spiro atoms. The molecule has 1 aromatic carbocycles. The van der Waals surface area contributed by atoms with Gasteiger partial charge in [-0.05, 0) is 18.2 Å². The second kappa shape index (κ2) is 6.22. The average molecular weight is 337 g/mol. The minimum Gasteiger partial charge on any atom is -0.496 e. The van der Waals surface area contributed by atoms with E-state index in [1.165, 1.54) is 0 Å². The Morgan fingerprint density at radius 1 is 1.40 bits per heavy atom. The van der Waals surface area contributed by atoms with Crippen molar-refractivity contribution >= 4 is 15.9 Å². The fourth-order valence-electron chi connectivity index (χ4n) is 2.04. The standard InChI is InChI=1S/C15H17BrN2O2/c1-10(2)14-15(19)18(7-6-17-14)9-11-8-12(16)4-5-13(11)20-3/h4-8,10H,9H2,1-3H3. The molecular weight excluding hydrogens is 320 g/mol. The van der Waals surface area contributed by atoms with Crippen molar-refractivity contribution in [3.63, 3.8) is 0 Å². The topological polar surface area (TPSA) is 44.1 Å². The number of nitrogens with zero attached hydrogens (tertiary/aromatic N) is 2. The molecule has 0 N–H and O–H groups in total. The van der Waals surface area contributed by atoms with Gasteiger partial charge in [0.1, 0.15) is 11.4 Å². The molecule has 0 atom stereocenters. The maximum Gasteiger partial charge on any atom is 0.272 e. The summed E-state index contributed by atoms with van der Waals surface area (Å²) in [5.74, 6) is 0.877. The maximum absolute atomic E-state index is 12.3. The minimum atomic E-state index is -0.0514. The lowest BCUT2D eigenvalue weighted by Gasteiger charge is -2.12. The van der Waals surface area contributed by atoms with Gasteiger partial charge < -0.3 is 9.30 Å². The maximum atomic E-state index is 12.3. The zero-order valence-electron chi connectivity index (χ0n) is 11.8. The van der Waals surface area contributed by atoms with Gasteiger partial charge in [0.25, 0.3) is 5.56 Å². The van der Waals surface area contributed by atoms with Gasteiger partial charge >= 0.3 is 0 Å². The number of ether oxygens (including phenoxy) is 1. The summed E-state index contributed by atoms with van der Waals surface area (Å²) in [4.78, 5) is 16.5. The van der Waals surface area contributed by atoms with Gasteiger partial charge in [0, 0.05) is 28.3 Å². The monoisotopic (exact) mass is 336 g/mol. The van der Waals surface area contributed by atoms with E-state index in [4.69, 9.17) is 4.74 Å². The van der Waals surface area contributed by atoms with Crippen LogP contribution in [0.3, 0.4) is 0 Å². The smallest absolute Gasteiger partial charge is 0.272 e. The molecule has 0 radical (unpaired) electrons. The third kappa shape index (κ3) is 3.10. The Kier molecular flexibility index (Phi) is 4.60. The van der Waals surface area contributed by atoms with Crippen molar-refractivity contribution < 1.29 is 4.74 Å². The number of methoxy groups -OCH3 is 1. The number of hydrogen-bond donors (Lipinski definition) is 0. The van der Waals surface area contributed by atoms with E-state index in [9.17, 15) is 4.79 Å². The van der Waals surface area contributed by atoms with E-state index in [0.29, 0.717) is 12.2 Å². The van der Waals surface area contributed by atoms with Gasteiger partial charge in [-0.1, -0.05) is 29.8 Å². The lowest BCUT2D eigenvalue weighted by molar-refractivity contribution is 0.408. The number of hydrogen-bond acceptors (Lipinski definition) is 3. The number of aromatic nitrogens is 2. The van der Waals surface area contributed by atoms with Gasteiger partial charge in [0.05, 0.1) is 13.7 Å². The highest BCUT2D eigenvalue weighted by molar-refractivity contribution is 9.10. The molecule has 0 fully saturated rings. The quantitative estimate of drug-likeness (QED) is 0.861. The first-order chi connectivity index (χ1) is 9.52. The highest BCUT2D eigenvalue weighted by Crippen LogP contribution is 2.23. The Bertz CT molecular complexity index is 665. The lowest BCUT2D eigenvalue weighted by atomic mass is 10.1. The third-order valence-corrected chi connectivity index (χ3v) is 3.56. The van der Waals surface area contributed by atoms with Crippen LogP contribution in [0.1, 0.15) is 31.0 Å². The number of benzene rings is 1. The van der Waals surface area contributed by atoms with Crippen LogP contribution in [-0.4, -0.2) is 16.7 Å². The van der Waals surface area contributed by atoms with Crippen molar-refractivity contribution in [2.75, 3.05) is 7.11 Å². The molecule has 0 saturated carbocycles. The summed E-state index contributed by atoms with van der Waals surface area (Å²) in [6.07, 6.45) is 3.37. The van der Waals surface area contributed by atoms with Gasteiger partial charge in [-0.3, -0.25) is 9.78 Å². The summed E-state index contributed by atoms with van der Waals surface area (Å²) >= 11 is 3.44. The lowest BCUT2D eigenvalue weighted by Crippen LogP contribution is -2.25. The van der Waals surface area contributed by atoms with Crippen LogP contribution in [-0.2, 0) is 6.54 Å². The van der Waals surface area contributed by atoms with Crippen molar-refractivity contribution in [1.29, 1.82) is 0 Å². The predicted octanol–water partition coefficient (Wildman–Crippen LogP) is 3.19. The molecule has 2 rings (SSSR count). The van der Waals surface area contributed by atoms with E-state index >= 15 is 0 Å². The summed E-state index contributed by atoms with van der Waals surface area (Å²) in [5, 5.41) is 0. The molecule has 0 aliphatic carbocycles. The van der Waals surface area contributed by atoms with Crippen molar-refractivity contribution in [3.8, 4) is 5.75 Å². The molecule has 0 aliphatic rings. The van der Waals surface area contributed by atoms with Crippen LogP contribution in [0.5, 0.6) is 5.75 Å². The van der Waals surface area contributed by atoms with Crippen molar-refractivity contribution in [1.82, 2.24) is 9.55 Å². The van der Waals surface area contributed by atoms with E-state index < -0.39 is 0 Å². The molecule has 2 aromatic rings. The predicted molar refractivity (Wildman–Crippen MR) is 82.4 cm³/mol. The van der Waals surface area contributed by atoms with Gasteiger partial charge in [-0.15, -0.1) is 0 Å². The molecule has 0 aliphatic heterocycles. The normalized spacial score (nSPS) is 10.8. The highest BCUT2D eigenvalue weighted by Gasteiger charge is 2.11. The molecular formula is C15H17BrN2O2. The summed E-state index contributed by atoms with van der Waals surface area (Å²) in [6, 6.07) is 5.76. The molecule has 0 bridgehead atoms. The van der Waals surface area contributed by atoms with Crippen LogP contribution < -0.4 is 10.3 Å². The molecule has 0 unspecified atom stereocenters. The van der Waals surface area contributed by atoms with Crippen LogP contribution in [0.2, 0.25) is 0 Å². The fraction of sp³-hybridized carbons (Fsp3) is 0.333. The van der Waals surface area contributed by atoms with E-state index in [1.54, 1.807) is 24.1 Å². The van der Waals surface area contributed by atoms with Crippen molar-refractivity contribution in [2.45, 2.75) is 26.3 Å². The summed E-state index contributed by atoms with van der Waals surface area (Å²) in [6.45, 7) is 4.39. The largest absolute Gasteiger partial charge is 0.496 e. The zero-order chi connectivity index (χ0) is 14.7. The second-order valence-electron chi connectivity index (χ2n) is 4.86. The Balaban J connectivity index is 2.43. The Labute approximate surface area is 126 Å². The van der Waals surface area contributed by atoms with Gasteiger partial charge in [-0.25, -0.2) is 0 Å². The van der Waals surface area contributed by atoms with Crippen molar-refractivity contribution in [2.24, 2.45) is 0 Å². The zero-order valence-corrected chi connectivity index (χ0v) is 13.3. The van der Waals surface area contributed by atoms with Gasteiger partial charge in [0.2, 0.25) is 0 Å². The molecule has 20 heavy (non-hydrogen) atoms. The van der Waals surface area contributed by atoms with E-state index in [-0.39, 0.29) is 11.5 Å². The Morgan fingerprint density at radius 2 is 2.15 bits per heavy atom. The summed E-state index contributed by atoms with van der Waals surface area (Å²) in [7, 11) is 1.63. The van der Waals surface area contributed by atoms with Crippen LogP contribution in [0.25, 0.3) is 0 Å². The first-order valence-electron chi connectivity index (χ1n) is 6.40. The minimum absolute atomic E-state index is 0.0514. The SMILES string of the molecule is COc1ccc(Br)cc1Cn1ccnc(C(C)C)c1=O. The fourth-order valence-corrected chi connectivity index (χ4v) is 2.45. The molecule has 5 heteroatoms. The first-order valence-corrected chi connectivity index (χ1v) is 7.20. The van der Waals surface area contributed by atoms with Gasteiger partial charge in [-0.2, -0.15) is 0 Å². The van der Waals surface area contributed by atoms with Crippen LogP contribution in [0.15, 0.2) is 39.9 Å². The van der Waals surface area contributed by atoms with Gasteiger partial charge in [0.15, 0.2) is 0 Å². The molecule has 1 aromatic heterocycles. The molecule has 1 heterocycles. The summed E-state index contributed by atoms with van der Waals surface area (Å²) in [5.41, 5.74) is 1.48. The Morgan fingerprint density at radius 3 is 2.80 bits per heavy atom. The Hall–Kier alpha value is -1.62. The van der Waals surface area contributed by atoms with E-state index in [2.05, 4.69) is 20.9 Å². The van der Waals surface area contributed by atoms with Crippen LogP contribution >= 0.6 is 15.9 Å². The van der Waals surface area contributed by atoms with E-state index in [1.807, 2.05) is 32.0 Å². The molecule has 106 valence electrons. The molecule has 0 saturated heterocycles.